The maximum atomic E-state index is 14.6. The van der Waals surface area contributed by atoms with Crippen molar-refractivity contribution in [2.24, 2.45) is 4.99 Å². The Balaban J connectivity index is 2.56. The van der Waals surface area contributed by atoms with Crippen LogP contribution in [0.25, 0.3) is 0 Å². The number of aromatic nitrogens is 1. The van der Waals surface area contributed by atoms with Crippen LogP contribution in [0.4, 0.5) is 8.78 Å². The largest absolute Gasteiger partial charge is 0.395 e. The molecule has 7 heteroatoms. The fraction of sp³-hybridized carbons (Fsp3) is 0.500. The van der Waals surface area contributed by atoms with E-state index < -0.39 is 22.8 Å². The minimum atomic E-state index is -1.51. The molecule has 0 aromatic carbocycles. The Morgan fingerprint density at radius 3 is 2.84 bits per heavy atom. The van der Waals surface area contributed by atoms with Gasteiger partial charge in [0, 0.05) is 0 Å². The maximum absolute atomic E-state index is 14.6. The van der Waals surface area contributed by atoms with Crippen molar-refractivity contribution in [1.29, 1.82) is 0 Å². The highest BCUT2D eigenvalue weighted by molar-refractivity contribution is 9.10. The molecule has 1 N–H and O–H groups in total. The molecule has 0 fully saturated rings. The molecule has 0 saturated carbocycles. The van der Waals surface area contributed by atoms with Crippen LogP contribution in [-0.4, -0.2) is 33.2 Å². The van der Waals surface area contributed by atoms with Crippen molar-refractivity contribution in [3.8, 4) is 0 Å². The summed E-state index contributed by atoms with van der Waals surface area (Å²) in [5.41, 5.74) is -1.47. The summed E-state index contributed by atoms with van der Waals surface area (Å²) >= 11 is 4.32. The highest BCUT2D eigenvalue weighted by Gasteiger charge is 2.47. The standard InChI is InChI=1S/C12H13BrF2N2OS/c1-6-17-12(2,10(15)8(5-18)19-6)11-7(14)3-4-9(13)16-11/h3-4,8,10,18H,5H2,1-2H3/t8-,10+,12+/m1/s1. The van der Waals surface area contributed by atoms with Gasteiger partial charge in [-0.25, -0.2) is 13.8 Å². The van der Waals surface area contributed by atoms with Crippen molar-refractivity contribution in [2.75, 3.05) is 6.61 Å². The molecule has 0 aliphatic carbocycles. The monoisotopic (exact) mass is 350 g/mol. The maximum Gasteiger partial charge on any atom is 0.147 e. The topological polar surface area (TPSA) is 45.5 Å². The van der Waals surface area contributed by atoms with Crippen molar-refractivity contribution >= 4 is 32.7 Å². The van der Waals surface area contributed by atoms with Crippen LogP contribution in [-0.2, 0) is 5.54 Å². The molecule has 104 valence electrons. The third kappa shape index (κ3) is 2.68. The highest BCUT2D eigenvalue weighted by Crippen LogP contribution is 2.42. The Morgan fingerprint density at radius 2 is 2.21 bits per heavy atom. The van der Waals surface area contributed by atoms with Gasteiger partial charge in [0.1, 0.15) is 27.8 Å². The first-order valence-electron chi connectivity index (χ1n) is 5.69. The molecule has 0 unspecified atom stereocenters. The van der Waals surface area contributed by atoms with Gasteiger partial charge in [-0.1, -0.05) is 0 Å². The van der Waals surface area contributed by atoms with Gasteiger partial charge in [0.05, 0.1) is 16.9 Å². The fourth-order valence-corrected chi connectivity index (χ4v) is 3.59. The van der Waals surface area contributed by atoms with E-state index in [4.69, 9.17) is 0 Å². The summed E-state index contributed by atoms with van der Waals surface area (Å²) in [6, 6.07) is 2.68. The molecule has 0 amide bonds. The predicted octanol–water partition coefficient (Wildman–Crippen LogP) is 3.06. The Morgan fingerprint density at radius 1 is 1.53 bits per heavy atom. The number of halogens is 3. The molecule has 0 bridgehead atoms. The Labute approximate surface area is 122 Å². The van der Waals surface area contributed by atoms with Crippen molar-refractivity contribution < 1.29 is 13.9 Å². The average molecular weight is 351 g/mol. The molecule has 0 saturated heterocycles. The quantitative estimate of drug-likeness (QED) is 0.833. The summed E-state index contributed by atoms with van der Waals surface area (Å²) in [6.45, 7) is 2.89. The van der Waals surface area contributed by atoms with Crippen LogP contribution in [0.1, 0.15) is 19.5 Å². The van der Waals surface area contributed by atoms with Crippen LogP contribution in [0, 0.1) is 5.82 Å². The second kappa shape index (κ2) is 5.46. The zero-order chi connectivity index (χ0) is 14.2. The van der Waals surface area contributed by atoms with Crippen molar-refractivity contribution in [3.63, 3.8) is 0 Å². The van der Waals surface area contributed by atoms with E-state index in [1.165, 1.54) is 19.1 Å². The van der Waals surface area contributed by atoms with Crippen molar-refractivity contribution in [3.05, 3.63) is 28.2 Å². The van der Waals surface area contributed by atoms with Crippen molar-refractivity contribution in [2.45, 2.75) is 30.8 Å². The summed E-state index contributed by atoms with van der Waals surface area (Å²) in [5, 5.41) is 9.19. The van der Waals surface area contributed by atoms with E-state index in [9.17, 15) is 13.9 Å². The average Bonchev–Trinajstić information content (AvgIpc) is 2.36. The third-order valence-corrected chi connectivity index (χ3v) is 4.61. The normalized spacial score (nSPS) is 31.2. The van der Waals surface area contributed by atoms with Crippen LogP contribution in [0.3, 0.4) is 0 Å². The van der Waals surface area contributed by atoms with Crippen LogP contribution in [0.5, 0.6) is 0 Å². The number of hydrogen-bond donors (Lipinski definition) is 1. The number of rotatable bonds is 2. The van der Waals surface area contributed by atoms with Crippen LogP contribution in [0.15, 0.2) is 21.7 Å². The fourth-order valence-electron chi connectivity index (χ4n) is 2.14. The minimum absolute atomic E-state index is 0.0486. The number of alkyl halides is 1. The first kappa shape index (κ1) is 14.9. The number of nitrogens with zero attached hydrogens (tertiary/aromatic N) is 2. The van der Waals surface area contributed by atoms with E-state index in [1.54, 1.807) is 6.92 Å². The molecular weight excluding hydrogens is 338 g/mol. The second-order valence-electron chi connectivity index (χ2n) is 4.48. The summed E-state index contributed by atoms with van der Waals surface area (Å²) in [7, 11) is 0. The SMILES string of the molecule is CC1=N[C@](C)(c2nc(Br)ccc2F)[C@@H](F)[C@@H](CO)S1. The summed E-state index contributed by atoms with van der Waals surface area (Å²) in [6.07, 6.45) is -1.51. The number of hydrogen-bond acceptors (Lipinski definition) is 4. The third-order valence-electron chi connectivity index (χ3n) is 3.05. The lowest BCUT2D eigenvalue weighted by Crippen LogP contribution is -2.45. The molecule has 2 heterocycles. The molecule has 0 radical (unpaired) electrons. The van der Waals surface area contributed by atoms with E-state index >= 15 is 0 Å². The zero-order valence-electron chi connectivity index (χ0n) is 10.4. The smallest absolute Gasteiger partial charge is 0.147 e. The molecule has 3 nitrogen and oxygen atoms in total. The molecule has 19 heavy (non-hydrogen) atoms. The van der Waals surface area contributed by atoms with E-state index in [2.05, 4.69) is 25.9 Å². The van der Waals surface area contributed by atoms with Gasteiger partial charge < -0.3 is 5.11 Å². The molecule has 1 aromatic heterocycles. The highest BCUT2D eigenvalue weighted by atomic mass is 79.9. The molecule has 1 aliphatic rings. The Kier molecular flexibility index (Phi) is 4.27. The number of aliphatic hydroxyl groups is 1. The number of thioether (sulfide) groups is 1. The number of pyridine rings is 1. The number of aliphatic hydroxyl groups excluding tert-OH is 1. The van der Waals surface area contributed by atoms with Crippen LogP contribution >= 0.6 is 27.7 Å². The molecule has 3 atom stereocenters. The lowest BCUT2D eigenvalue weighted by atomic mass is 9.89. The van der Waals surface area contributed by atoms with Gasteiger partial charge in [0.15, 0.2) is 0 Å². The van der Waals surface area contributed by atoms with Gasteiger partial charge >= 0.3 is 0 Å². The second-order valence-corrected chi connectivity index (χ2v) is 6.73. The van der Waals surface area contributed by atoms with E-state index in [0.717, 1.165) is 11.8 Å². The molecule has 1 aliphatic heterocycles. The van der Waals surface area contributed by atoms with Gasteiger partial charge in [-0.15, -0.1) is 11.8 Å². The van der Waals surface area contributed by atoms with Gasteiger partial charge in [-0.05, 0) is 41.9 Å². The van der Waals surface area contributed by atoms with Gasteiger partial charge in [-0.3, -0.25) is 4.99 Å². The summed E-state index contributed by atoms with van der Waals surface area (Å²) in [5.74, 6) is -0.603. The molecule has 2 rings (SSSR count). The van der Waals surface area contributed by atoms with E-state index in [-0.39, 0.29) is 12.3 Å². The molecule has 1 aromatic rings. The Bertz CT molecular complexity index is 528. The number of aliphatic imine (C=N–C) groups is 1. The van der Waals surface area contributed by atoms with Crippen molar-refractivity contribution in [1.82, 2.24) is 4.98 Å². The predicted molar refractivity (Wildman–Crippen MR) is 75.7 cm³/mol. The minimum Gasteiger partial charge on any atom is -0.395 e. The summed E-state index contributed by atoms with van der Waals surface area (Å²) in [4.78, 5) is 8.26. The first-order valence-corrected chi connectivity index (χ1v) is 7.36. The summed E-state index contributed by atoms with van der Waals surface area (Å²) < 4.78 is 28.9. The van der Waals surface area contributed by atoms with E-state index in [1.807, 2.05) is 0 Å². The molecular formula is C12H13BrF2N2OS. The van der Waals surface area contributed by atoms with Gasteiger partial charge in [0.2, 0.25) is 0 Å². The molecule has 0 spiro atoms. The van der Waals surface area contributed by atoms with Crippen LogP contribution < -0.4 is 0 Å². The van der Waals surface area contributed by atoms with E-state index in [0.29, 0.717) is 9.65 Å². The lowest BCUT2D eigenvalue weighted by molar-refractivity contribution is 0.154. The zero-order valence-corrected chi connectivity index (χ0v) is 12.8. The Hall–Kier alpha value is -0.530. The van der Waals surface area contributed by atoms with Gasteiger partial charge in [-0.2, -0.15) is 0 Å². The van der Waals surface area contributed by atoms with Crippen LogP contribution in [0.2, 0.25) is 0 Å². The lowest BCUT2D eigenvalue weighted by Gasteiger charge is -2.37. The van der Waals surface area contributed by atoms with Gasteiger partial charge in [0.25, 0.3) is 0 Å². The first-order chi connectivity index (χ1) is 8.88.